The van der Waals surface area contributed by atoms with Gasteiger partial charge in [0, 0.05) is 0 Å². The molecule has 2 aromatic carbocycles. The van der Waals surface area contributed by atoms with Gasteiger partial charge in [0.05, 0.1) is 11.1 Å². The highest BCUT2D eigenvalue weighted by Crippen LogP contribution is 2.54. The van der Waals surface area contributed by atoms with Crippen molar-refractivity contribution in [2.45, 2.75) is 37.1 Å². The van der Waals surface area contributed by atoms with Crippen molar-refractivity contribution in [3.63, 3.8) is 0 Å². The van der Waals surface area contributed by atoms with Crippen LogP contribution < -0.4 is 21.2 Å². The third kappa shape index (κ3) is 6.96. The van der Waals surface area contributed by atoms with E-state index in [-0.39, 0.29) is 7.58 Å². The van der Waals surface area contributed by atoms with Crippen LogP contribution in [0, 0.1) is 13.8 Å². The Bertz CT molecular complexity index is 1140. The molecule has 0 radical (unpaired) electrons. The summed E-state index contributed by atoms with van der Waals surface area (Å²) in [7, 11) is -7.42. The van der Waals surface area contributed by atoms with Crippen molar-refractivity contribution in [3.05, 3.63) is 70.8 Å². The smallest absolute Gasteiger partial charge is 0.460 e. The minimum absolute atomic E-state index is 0.0237. The zero-order valence-corrected chi connectivity index (χ0v) is 20.8. The van der Waals surface area contributed by atoms with E-state index in [1.165, 1.54) is 0 Å². The molecule has 0 saturated heterocycles. The molecule has 0 bridgehead atoms. The van der Waals surface area contributed by atoms with Gasteiger partial charge in [0.25, 0.3) is 0 Å². The van der Waals surface area contributed by atoms with Crippen LogP contribution >= 0.6 is 0 Å². The first-order valence-corrected chi connectivity index (χ1v) is 12.6. The third-order valence-electron chi connectivity index (χ3n) is 4.16. The lowest BCUT2D eigenvalue weighted by molar-refractivity contribution is -0.450. The van der Waals surface area contributed by atoms with Gasteiger partial charge in [-0.2, -0.15) is 39.5 Å². The van der Waals surface area contributed by atoms with Gasteiger partial charge in [0.2, 0.25) is 0 Å². The summed E-state index contributed by atoms with van der Waals surface area (Å²) in [5.41, 5.74) is 3.50. The van der Waals surface area contributed by atoms with E-state index in [1.54, 1.807) is 24.3 Å². The molecule has 2 aromatic rings. The number of aryl methyl sites for hydroxylation is 2. The molecule has 0 amide bonds. The molecule has 200 valence electrons. The van der Waals surface area contributed by atoms with Crippen molar-refractivity contribution in [2.24, 2.45) is 0 Å². The highest BCUT2D eigenvalue weighted by molar-refractivity contribution is 7.86. The molecule has 0 aliphatic heterocycles. The molecule has 0 aliphatic rings. The van der Waals surface area contributed by atoms with Gasteiger partial charge >= 0.3 is 52.1 Å². The molecule has 0 spiro atoms. The maximum absolute atomic E-state index is 12.2. The second-order valence-electron chi connectivity index (χ2n) is 6.99. The first-order chi connectivity index (χ1) is 16.1. The van der Waals surface area contributed by atoms with Crippen molar-refractivity contribution in [1.82, 2.24) is 0 Å². The predicted molar refractivity (Wildman–Crippen MR) is 102 cm³/mol. The van der Waals surface area contributed by atoms with Crippen LogP contribution in [0.2, 0.25) is 0 Å². The summed E-state index contributed by atoms with van der Waals surface area (Å²) in [6.07, 6.45) is -7.16. The van der Waals surface area contributed by atoms with Gasteiger partial charge in [0.1, 0.15) is 0 Å². The summed E-state index contributed by atoms with van der Waals surface area (Å²) >= 11 is -1.16. The van der Waals surface area contributed by atoms with Gasteiger partial charge in [0.15, 0.2) is 10.1 Å². The van der Waals surface area contributed by atoms with Crippen LogP contribution in [0.15, 0.2) is 48.5 Å². The molecule has 0 saturated carbocycles. The molecule has 16 heteroatoms. The summed E-state index contributed by atoms with van der Waals surface area (Å²) in [4.78, 5) is 24.1. The largest absolute Gasteiger partial charge is 0.743 e. The molecule has 0 N–H and O–H groups in total. The van der Waals surface area contributed by atoms with Gasteiger partial charge in [-0.1, -0.05) is 35.4 Å². The van der Waals surface area contributed by atoms with E-state index in [0.717, 1.165) is 11.1 Å². The first-order valence-electron chi connectivity index (χ1n) is 9.08. The van der Waals surface area contributed by atoms with Gasteiger partial charge < -0.3 is 4.55 Å². The van der Waals surface area contributed by atoms with E-state index >= 15 is 0 Å². The Morgan fingerprint density at radius 1 is 0.667 bits per heavy atom. The Balaban J connectivity index is 0.000000363. The van der Waals surface area contributed by atoms with Crippen LogP contribution in [-0.4, -0.2) is 43.8 Å². The number of hydrogen-bond donors (Lipinski definition) is 0. The summed E-state index contributed by atoms with van der Waals surface area (Å²) in [6, 6.07) is 14.8. The normalized spacial score (nSPS) is 13.0. The van der Waals surface area contributed by atoms with Crippen LogP contribution in [0.1, 0.15) is 31.8 Å². The quantitative estimate of drug-likeness (QED) is 0.196. The maximum atomic E-state index is 12.2. The lowest BCUT2D eigenvalue weighted by Crippen LogP contribution is -3.67. The zero-order valence-electron chi connectivity index (χ0n) is 17.8. The van der Waals surface area contributed by atoms with Gasteiger partial charge in [-0.3, -0.25) is 0 Å². The summed E-state index contributed by atoms with van der Waals surface area (Å²) < 4.78 is 135. The summed E-state index contributed by atoms with van der Waals surface area (Å²) in [5, 5.41) is -7.11. The van der Waals surface area contributed by atoms with E-state index in [0.29, 0.717) is 11.1 Å². The van der Waals surface area contributed by atoms with Crippen molar-refractivity contribution < 1.29 is 83.3 Å². The number of benzene rings is 2. The molecule has 0 fully saturated rings. The highest BCUT2D eigenvalue weighted by Gasteiger charge is 2.83. The Morgan fingerprint density at radius 2 is 0.972 bits per heavy atom. The number of carbonyl (C=O) groups is 2. The number of rotatable bonds is 7. The molecule has 2 rings (SSSR count). The topological polar surface area (TPSA) is 91.3 Å². The molecule has 0 heterocycles. The monoisotopic (exact) mass is 664 g/mol. The van der Waals surface area contributed by atoms with E-state index in [4.69, 9.17) is 0 Å². The average Bonchev–Trinajstić information content (AvgIpc) is 2.73. The minimum Gasteiger partial charge on any atom is -0.743 e. The standard InChI is InChI=1S/C16H14IO2.C4HF9O3S/c1-11-3-7-13(8-4-11)15(18)17-16(19)14-9-5-12(2)6-10-14;5-1(6,3(9,10)11)2(7,8)4(12,13)17(14,15)16/h3-10H,1-2H3;(H,14,15,16)/q+1;/p-1. The lowest BCUT2D eigenvalue weighted by atomic mass is 10.1. The number of carbonyl (C=O) groups excluding carboxylic acids is 2. The average molecular weight is 664 g/mol. The SMILES string of the molecule is Cc1ccc(C(=O)[I+]C(=O)c2ccc(C)cc2)cc1.O=S(=O)([O-])C(F)(F)C(F)(F)C(F)(F)C(F)(F)F. The van der Waals surface area contributed by atoms with Gasteiger partial charge in [-0.15, -0.1) is 0 Å². The van der Waals surface area contributed by atoms with E-state index < -0.39 is 54.6 Å². The van der Waals surface area contributed by atoms with Crippen molar-refractivity contribution in [2.75, 3.05) is 0 Å². The van der Waals surface area contributed by atoms with Gasteiger partial charge in [-0.25, -0.2) is 18.0 Å². The number of alkyl halides is 9. The summed E-state index contributed by atoms with van der Waals surface area (Å²) in [6.45, 7) is 3.95. The van der Waals surface area contributed by atoms with E-state index in [9.17, 15) is 62.1 Å². The Kier molecular flexibility index (Phi) is 9.76. The molecule has 0 unspecified atom stereocenters. The Labute approximate surface area is 208 Å². The van der Waals surface area contributed by atoms with E-state index in [1.807, 2.05) is 38.1 Å². The summed E-state index contributed by atoms with van der Waals surface area (Å²) in [5.74, 6) is -14.8. The van der Waals surface area contributed by atoms with Crippen molar-refractivity contribution in [1.29, 1.82) is 0 Å². The highest BCUT2D eigenvalue weighted by atomic mass is 127. The second kappa shape index (κ2) is 11.0. The number of halogens is 10. The fourth-order valence-corrected chi connectivity index (χ4v) is 4.30. The molecule has 0 aromatic heterocycles. The Hall–Kier alpha value is -2.21. The predicted octanol–water partition coefficient (Wildman–Crippen LogP) is 2.33. The fraction of sp³-hybridized carbons (Fsp3) is 0.300. The second-order valence-corrected chi connectivity index (χ2v) is 10.9. The molecular weight excluding hydrogens is 650 g/mol. The molecule has 0 aliphatic carbocycles. The van der Waals surface area contributed by atoms with Gasteiger partial charge in [-0.05, 0) is 38.1 Å². The fourth-order valence-electron chi connectivity index (χ4n) is 2.07. The van der Waals surface area contributed by atoms with Crippen molar-refractivity contribution >= 4 is 17.7 Å². The van der Waals surface area contributed by atoms with Crippen LogP contribution in [0.5, 0.6) is 0 Å². The van der Waals surface area contributed by atoms with Crippen LogP contribution in [-0.2, 0) is 10.1 Å². The maximum Gasteiger partial charge on any atom is 0.460 e. The van der Waals surface area contributed by atoms with Crippen LogP contribution in [0.3, 0.4) is 0 Å². The van der Waals surface area contributed by atoms with Crippen LogP contribution in [0.4, 0.5) is 39.5 Å². The molecule has 0 atom stereocenters. The number of hydrogen-bond acceptors (Lipinski definition) is 5. The Morgan fingerprint density at radius 3 is 1.22 bits per heavy atom. The first kappa shape index (κ1) is 31.8. The third-order valence-corrected chi connectivity index (χ3v) is 7.27. The molecule has 36 heavy (non-hydrogen) atoms. The lowest BCUT2D eigenvalue weighted by Gasteiger charge is -2.34. The zero-order chi connectivity index (χ0) is 28.3. The van der Waals surface area contributed by atoms with E-state index in [2.05, 4.69) is 0 Å². The van der Waals surface area contributed by atoms with Crippen molar-refractivity contribution in [3.8, 4) is 0 Å². The molecular formula is C20H14F9IO5S. The minimum atomic E-state index is -7.43. The molecule has 5 nitrogen and oxygen atoms in total. The van der Waals surface area contributed by atoms with Crippen LogP contribution in [0.25, 0.3) is 0 Å².